The van der Waals surface area contributed by atoms with Gasteiger partial charge < -0.3 is 0 Å². The van der Waals surface area contributed by atoms with Crippen LogP contribution < -0.4 is 0 Å². The Balaban J connectivity index is 1.95. The van der Waals surface area contributed by atoms with Crippen LogP contribution in [0, 0.1) is 4.77 Å². The van der Waals surface area contributed by atoms with Crippen LogP contribution in [0.4, 0.5) is 0 Å². The third-order valence-corrected chi connectivity index (χ3v) is 4.24. The van der Waals surface area contributed by atoms with E-state index < -0.39 is 0 Å². The maximum Gasteiger partial charge on any atom is 0.216 e. The summed E-state index contributed by atoms with van der Waals surface area (Å²) in [5.74, 6) is 0.465. The Morgan fingerprint density at radius 1 is 1.16 bits per heavy atom. The molecule has 0 aliphatic carbocycles. The lowest BCUT2D eigenvalue weighted by Gasteiger charge is -2.03. The lowest BCUT2D eigenvalue weighted by atomic mass is 10.2. The van der Waals surface area contributed by atoms with Crippen LogP contribution >= 0.6 is 47.0 Å². The fourth-order valence-electron chi connectivity index (χ4n) is 2.10. The van der Waals surface area contributed by atoms with Crippen LogP contribution in [0.15, 0.2) is 58.7 Å². The van der Waals surface area contributed by atoms with E-state index in [1.165, 1.54) is 10.9 Å². The number of hydrogen-bond acceptors (Lipinski definition) is 3. The summed E-state index contributed by atoms with van der Waals surface area (Å²) in [4.78, 5) is 0. The first kappa shape index (κ1) is 17.9. The molecule has 0 unspecified atom stereocenters. The molecule has 25 heavy (non-hydrogen) atoms. The number of aromatic nitrogens is 3. The molecular weight excluding hydrogens is 399 g/mol. The molecule has 0 aliphatic rings. The van der Waals surface area contributed by atoms with Crippen LogP contribution in [-0.4, -0.2) is 21.1 Å². The minimum absolute atomic E-state index is 0.321. The van der Waals surface area contributed by atoms with Crippen molar-refractivity contribution in [1.82, 2.24) is 14.9 Å². The number of nitrogens with one attached hydrogen (secondary N) is 1. The van der Waals surface area contributed by atoms with Gasteiger partial charge in [0.2, 0.25) is 4.77 Å². The highest BCUT2D eigenvalue weighted by Gasteiger charge is 2.12. The van der Waals surface area contributed by atoms with Crippen molar-refractivity contribution >= 4 is 59.3 Å². The Morgan fingerprint density at radius 2 is 1.92 bits per heavy atom. The van der Waals surface area contributed by atoms with Crippen LogP contribution in [0.3, 0.4) is 0 Å². The van der Waals surface area contributed by atoms with Gasteiger partial charge >= 0.3 is 0 Å². The van der Waals surface area contributed by atoms with Crippen molar-refractivity contribution in [2.75, 3.05) is 0 Å². The third-order valence-electron chi connectivity index (χ3n) is 3.22. The lowest BCUT2D eigenvalue weighted by Crippen LogP contribution is -1.95. The Labute approximate surface area is 164 Å². The number of H-pyrrole nitrogens is 1. The minimum atomic E-state index is 0.321. The fourth-order valence-corrected chi connectivity index (χ4v) is 2.94. The Kier molecular flexibility index (Phi) is 5.71. The highest BCUT2D eigenvalue weighted by Crippen LogP contribution is 2.29. The molecule has 0 aliphatic heterocycles. The second-order valence-corrected chi connectivity index (χ2v) is 6.64. The molecule has 8 heteroatoms. The maximum atomic E-state index is 6.24. The topological polar surface area (TPSA) is 46.0 Å². The van der Waals surface area contributed by atoms with Crippen LogP contribution in [0.5, 0.6) is 0 Å². The summed E-state index contributed by atoms with van der Waals surface area (Å²) in [6.07, 6.45) is 3.29. The first-order chi connectivity index (χ1) is 12.0. The standard InChI is InChI=1S/C17H11Cl3N4S/c18-12-6-7-14(15(20)9-12)16-22-23-17(25)24(16)21-10-13(19)8-11-4-2-1-3-5-11/h1-10H,(H,23,25). The molecular formula is C17H11Cl3N4S. The number of benzene rings is 2. The average Bonchev–Trinajstić information content (AvgIpc) is 2.94. The van der Waals surface area contributed by atoms with Gasteiger partial charge in [-0.05, 0) is 42.1 Å². The first-order valence-electron chi connectivity index (χ1n) is 7.14. The molecule has 126 valence electrons. The SMILES string of the molecule is S=c1[nH]nc(-c2ccc(Cl)cc2Cl)n1N=CC(Cl)=Cc1ccccc1. The summed E-state index contributed by atoms with van der Waals surface area (Å²) in [6.45, 7) is 0. The Morgan fingerprint density at radius 3 is 2.64 bits per heavy atom. The van der Waals surface area contributed by atoms with Crippen LogP contribution in [-0.2, 0) is 0 Å². The zero-order chi connectivity index (χ0) is 17.8. The molecule has 0 amide bonds. The first-order valence-corrected chi connectivity index (χ1v) is 8.68. The quantitative estimate of drug-likeness (QED) is 0.422. The van der Waals surface area contributed by atoms with Crippen molar-refractivity contribution in [2.45, 2.75) is 0 Å². The van der Waals surface area contributed by atoms with Gasteiger partial charge in [0.15, 0.2) is 5.82 Å². The second-order valence-electron chi connectivity index (χ2n) is 4.97. The maximum absolute atomic E-state index is 6.24. The number of allylic oxidation sites excluding steroid dienone is 1. The average molecular weight is 410 g/mol. The van der Waals surface area contributed by atoms with Crippen molar-refractivity contribution in [2.24, 2.45) is 5.10 Å². The van der Waals surface area contributed by atoms with Crippen molar-refractivity contribution in [1.29, 1.82) is 0 Å². The van der Waals surface area contributed by atoms with Crippen LogP contribution in [0.2, 0.25) is 10.0 Å². The van der Waals surface area contributed by atoms with E-state index >= 15 is 0 Å². The zero-order valence-electron chi connectivity index (χ0n) is 12.7. The van der Waals surface area contributed by atoms with Crippen molar-refractivity contribution < 1.29 is 0 Å². The number of hydrogen-bond donors (Lipinski definition) is 1. The van der Waals surface area contributed by atoms with Gasteiger partial charge in [-0.15, -0.1) is 0 Å². The Bertz CT molecular complexity index is 1010. The molecule has 3 aromatic rings. The molecule has 1 aromatic heterocycles. The van der Waals surface area contributed by atoms with E-state index in [9.17, 15) is 0 Å². The number of nitrogens with zero attached hydrogens (tertiary/aromatic N) is 3. The highest BCUT2D eigenvalue weighted by molar-refractivity contribution is 7.71. The second kappa shape index (κ2) is 7.97. The van der Waals surface area contributed by atoms with E-state index in [-0.39, 0.29) is 0 Å². The lowest BCUT2D eigenvalue weighted by molar-refractivity contribution is 0.872. The summed E-state index contributed by atoms with van der Waals surface area (Å²) in [7, 11) is 0. The van der Waals surface area contributed by atoms with Crippen molar-refractivity contribution in [3.8, 4) is 11.4 Å². The summed E-state index contributed by atoms with van der Waals surface area (Å²) in [5, 5.41) is 12.6. The molecule has 0 spiro atoms. The monoisotopic (exact) mass is 408 g/mol. The predicted molar refractivity (Wildman–Crippen MR) is 107 cm³/mol. The normalized spacial score (nSPS) is 12.0. The van der Waals surface area contributed by atoms with E-state index in [4.69, 9.17) is 47.0 Å². The molecule has 0 radical (unpaired) electrons. The molecule has 0 bridgehead atoms. The number of aromatic amines is 1. The van der Waals surface area contributed by atoms with E-state index in [2.05, 4.69) is 15.3 Å². The fraction of sp³-hybridized carbons (Fsp3) is 0. The van der Waals surface area contributed by atoms with Gasteiger partial charge in [-0.1, -0.05) is 65.1 Å². The van der Waals surface area contributed by atoms with Gasteiger partial charge in [0, 0.05) is 10.6 Å². The number of halogens is 3. The molecule has 1 heterocycles. The van der Waals surface area contributed by atoms with E-state index in [1.54, 1.807) is 24.3 Å². The van der Waals surface area contributed by atoms with Gasteiger partial charge in [-0.25, -0.2) is 5.10 Å². The zero-order valence-corrected chi connectivity index (χ0v) is 15.7. The van der Waals surface area contributed by atoms with Gasteiger partial charge in [-0.3, -0.25) is 0 Å². The summed E-state index contributed by atoms with van der Waals surface area (Å²) >= 11 is 23.6. The number of rotatable bonds is 4. The highest BCUT2D eigenvalue weighted by atomic mass is 35.5. The smallest absolute Gasteiger partial charge is 0.216 e. The van der Waals surface area contributed by atoms with Crippen molar-refractivity contribution in [3.05, 3.63) is 73.9 Å². The molecule has 0 atom stereocenters. The molecule has 4 nitrogen and oxygen atoms in total. The minimum Gasteiger partial charge on any atom is -0.250 e. The molecule has 1 N–H and O–H groups in total. The molecule has 0 fully saturated rings. The van der Waals surface area contributed by atoms with E-state index in [1.807, 2.05) is 30.3 Å². The van der Waals surface area contributed by atoms with E-state index in [0.29, 0.717) is 31.2 Å². The van der Waals surface area contributed by atoms with Gasteiger partial charge in [0.25, 0.3) is 0 Å². The molecule has 2 aromatic carbocycles. The summed E-state index contributed by atoms with van der Waals surface area (Å²) in [5.41, 5.74) is 1.62. The molecule has 0 saturated heterocycles. The molecule has 0 saturated carbocycles. The summed E-state index contributed by atoms with van der Waals surface area (Å²) < 4.78 is 1.77. The Hall–Kier alpha value is -1.92. The van der Waals surface area contributed by atoms with Gasteiger partial charge in [0.1, 0.15) is 0 Å². The van der Waals surface area contributed by atoms with Gasteiger partial charge in [0.05, 0.1) is 16.3 Å². The third kappa shape index (κ3) is 4.38. The van der Waals surface area contributed by atoms with Crippen LogP contribution in [0.25, 0.3) is 17.5 Å². The largest absolute Gasteiger partial charge is 0.250 e. The van der Waals surface area contributed by atoms with Crippen molar-refractivity contribution in [3.63, 3.8) is 0 Å². The van der Waals surface area contributed by atoms with E-state index in [0.717, 1.165) is 5.56 Å². The van der Waals surface area contributed by atoms with Gasteiger partial charge in [-0.2, -0.15) is 14.9 Å². The predicted octanol–water partition coefficient (Wildman–Crippen LogP) is 6.03. The van der Waals surface area contributed by atoms with Crippen LogP contribution in [0.1, 0.15) is 5.56 Å². The molecule has 3 rings (SSSR count). The summed E-state index contributed by atoms with van der Waals surface area (Å²) in [6, 6.07) is 14.8.